The molecule has 28 heavy (non-hydrogen) atoms. The van der Waals surface area contributed by atoms with Gasteiger partial charge in [0.25, 0.3) is 0 Å². The summed E-state index contributed by atoms with van der Waals surface area (Å²) in [6, 6.07) is 11.2. The minimum absolute atomic E-state index is 0.137. The highest BCUT2D eigenvalue weighted by molar-refractivity contribution is 7.89. The van der Waals surface area contributed by atoms with Crippen LogP contribution in [0.2, 0.25) is 10.0 Å². The van der Waals surface area contributed by atoms with Gasteiger partial charge in [-0.25, -0.2) is 8.42 Å². The van der Waals surface area contributed by atoms with Crippen molar-refractivity contribution in [2.45, 2.75) is 11.3 Å². The van der Waals surface area contributed by atoms with Gasteiger partial charge in [0.15, 0.2) is 0 Å². The molecule has 3 rings (SSSR count). The summed E-state index contributed by atoms with van der Waals surface area (Å²) < 4.78 is 26.9. The highest BCUT2D eigenvalue weighted by atomic mass is 35.5. The molecule has 0 aliphatic carbocycles. The second-order valence-corrected chi connectivity index (χ2v) is 9.46. The lowest BCUT2D eigenvalue weighted by atomic mass is 10.1. The third-order valence-electron chi connectivity index (χ3n) is 4.59. The van der Waals surface area contributed by atoms with Gasteiger partial charge in [0.1, 0.15) is 0 Å². The first kappa shape index (κ1) is 21.1. The summed E-state index contributed by atoms with van der Waals surface area (Å²) >= 11 is 11.8. The maximum atomic E-state index is 12.7. The van der Waals surface area contributed by atoms with Crippen molar-refractivity contribution in [2.75, 3.05) is 38.5 Å². The van der Waals surface area contributed by atoms with Gasteiger partial charge in [-0.3, -0.25) is 4.79 Å². The number of nitrogens with zero attached hydrogens (tertiary/aromatic N) is 2. The summed E-state index contributed by atoms with van der Waals surface area (Å²) in [5.74, 6) is -0.229. The number of rotatable bonds is 5. The van der Waals surface area contributed by atoms with Crippen LogP contribution in [0, 0.1) is 0 Å². The fourth-order valence-corrected chi connectivity index (χ4v) is 4.67. The molecule has 0 atom stereocenters. The van der Waals surface area contributed by atoms with E-state index in [-0.39, 0.29) is 17.2 Å². The number of likely N-dealkylation sites (N-methyl/N-ethyl adjacent to an activating group) is 1. The molecule has 0 radical (unpaired) electrons. The molecule has 1 heterocycles. The van der Waals surface area contributed by atoms with Crippen molar-refractivity contribution in [3.63, 3.8) is 0 Å². The number of sulfonamides is 1. The molecule has 0 bridgehead atoms. The van der Waals surface area contributed by atoms with Gasteiger partial charge in [-0.15, -0.1) is 0 Å². The predicted octanol–water partition coefficient (Wildman–Crippen LogP) is 3.11. The maximum Gasteiger partial charge on any atom is 0.243 e. The molecule has 1 N–H and O–H groups in total. The molecule has 0 spiro atoms. The van der Waals surface area contributed by atoms with E-state index in [0.717, 1.165) is 5.56 Å². The standard InChI is InChI=1S/C19H21Cl2N3O3S/c1-23-8-10-24(11-9-23)28(26,27)16-5-3-15(4-6-16)22-19(25)13-14-2-7-17(20)18(21)12-14/h2-7,12H,8-11,13H2,1H3,(H,22,25). The largest absolute Gasteiger partial charge is 0.326 e. The van der Waals surface area contributed by atoms with E-state index in [9.17, 15) is 13.2 Å². The van der Waals surface area contributed by atoms with Crippen molar-refractivity contribution in [1.82, 2.24) is 9.21 Å². The summed E-state index contributed by atoms with van der Waals surface area (Å²) in [6.07, 6.45) is 0.137. The van der Waals surface area contributed by atoms with Crippen molar-refractivity contribution in [1.29, 1.82) is 0 Å². The second kappa shape index (κ2) is 8.80. The molecule has 1 aliphatic rings. The van der Waals surface area contributed by atoms with E-state index >= 15 is 0 Å². The number of nitrogens with one attached hydrogen (secondary N) is 1. The Morgan fingerprint density at radius 3 is 2.25 bits per heavy atom. The van der Waals surface area contributed by atoms with Crippen LogP contribution in [-0.2, 0) is 21.2 Å². The van der Waals surface area contributed by atoms with Gasteiger partial charge in [0.2, 0.25) is 15.9 Å². The van der Waals surface area contributed by atoms with Crippen LogP contribution in [0.4, 0.5) is 5.69 Å². The lowest BCUT2D eigenvalue weighted by molar-refractivity contribution is -0.115. The lowest BCUT2D eigenvalue weighted by Crippen LogP contribution is -2.46. The molecule has 150 valence electrons. The topological polar surface area (TPSA) is 69.7 Å². The molecule has 0 aromatic heterocycles. The van der Waals surface area contributed by atoms with E-state index in [2.05, 4.69) is 10.2 Å². The monoisotopic (exact) mass is 441 g/mol. The molecule has 2 aromatic carbocycles. The second-order valence-electron chi connectivity index (χ2n) is 6.71. The van der Waals surface area contributed by atoms with Crippen LogP contribution in [0.1, 0.15) is 5.56 Å². The normalized spacial score (nSPS) is 16.1. The van der Waals surface area contributed by atoms with Crippen molar-refractivity contribution >= 4 is 44.8 Å². The van der Waals surface area contributed by atoms with Crippen LogP contribution in [0.25, 0.3) is 0 Å². The first-order valence-corrected chi connectivity index (χ1v) is 11.0. The third kappa shape index (κ3) is 5.04. The van der Waals surface area contributed by atoms with Crippen molar-refractivity contribution < 1.29 is 13.2 Å². The average molecular weight is 442 g/mol. The smallest absolute Gasteiger partial charge is 0.243 e. The van der Waals surface area contributed by atoms with Crippen molar-refractivity contribution in [3.05, 3.63) is 58.1 Å². The molecule has 6 nitrogen and oxygen atoms in total. The molecule has 1 aliphatic heterocycles. The van der Waals surface area contributed by atoms with E-state index in [0.29, 0.717) is 41.9 Å². The van der Waals surface area contributed by atoms with Gasteiger partial charge in [0, 0.05) is 31.9 Å². The third-order valence-corrected chi connectivity index (χ3v) is 7.24. The zero-order valence-corrected chi connectivity index (χ0v) is 17.7. The summed E-state index contributed by atoms with van der Waals surface area (Å²) in [5, 5.41) is 3.59. The van der Waals surface area contributed by atoms with Crippen LogP contribution in [0.15, 0.2) is 47.4 Å². The Morgan fingerprint density at radius 1 is 1.00 bits per heavy atom. The van der Waals surface area contributed by atoms with E-state index in [4.69, 9.17) is 23.2 Å². The summed E-state index contributed by atoms with van der Waals surface area (Å²) in [4.78, 5) is 14.5. The predicted molar refractivity (Wildman–Crippen MR) is 111 cm³/mol. The minimum Gasteiger partial charge on any atom is -0.326 e. The van der Waals surface area contributed by atoms with Gasteiger partial charge in [-0.1, -0.05) is 29.3 Å². The quantitative estimate of drug-likeness (QED) is 0.773. The van der Waals surface area contributed by atoms with Gasteiger partial charge in [-0.05, 0) is 49.0 Å². The zero-order valence-electron chi connectivity index (χ0n) is 15.4. The van der Waals surface area contributed by atoms with E-state index in [1.165, 1.54) is 16.4 Å². The van der Waals surface area contributed by atoms with Gasteiger partial charge in [0.05, 0.1) is 21.4 Å². The average Bonchev–Trinajstić information content (AvgIpc) is 2.65. The number of halogens is 2. The van der Waals surface area contributed by atoms with Gasteiger partial charge < -0.3 is 10.2 Å². The molecule has 1 fully saturated rings. The van der Waals surface area contributed by atoms with Crippen LogP contribution in [0.3, 0.4) is 0 Å². The number of amides is 1. The Bertz CT molecular complexity index is 957. The Kier molecular flexibility index (Phi) is 6.62. The van der Waals surface area contributed by atoms with Gasteiger partial charge >= 0.3 is 0 Å². The van der Waals surface area contributed by atoms with Gasteiger partial charge in [-0.2, -0.15) is 4.31 Å². The Morgan fingerprint density at radius 2 is 1.64 bits per heavy atom. The summed E-state index contributed by atoms with van der Waals surface area (Å²) in [5.41, 5.74) is 1.27. The van der Waals surface area contributed by atoms with Crippen LogP contribution in [0.5, 0.6) is 0 Å². The molecular formula is C19H21Cl2N3O3S. The summed E-state index contributed by atoms with van der Waals surface area (Å²) in [7, 11) is -1.55. The Hall–Kier alpha value is -1.64. The fraction of sp³-hybridized carbons (Fsp3) is 0.316. The fourth-order valence-electron chi connectivity index (χ4n) is 2.93. The minimum atomic E-state index is -3.52. The zero-order chi connectivity index (χ0) is 20.3. The SMILES string of the molecule is CN1CCN(S(=O)(=O)c2ccc(NC(=O)Cc3ccc(Cl)c(Cl)c3)cc2)CC1. The van der Waals surface area contributed by atoms with Crippen LogP contribution < -0.4 is 5.32 Å². The molecular weight excluding hydrogens is 421 g/mol. The summed E-state index contributed by atoms with van der Waals surface area (Å²) in [6.45, 7) is 2.37. The van der Waals surface area contributed by atoms with Crippen molar-refractivity contribution in [3.8, 4) is 0 Å². The number of hydrogen-bond acceptors (Lipinski definition) is 4. The highest BCUT2D eigenvalue weighted by Crippen LogP contribution is 2.23. The number of carbonyl (C=O) groups is 1. The Labute approximate surface area is 175 Å². The molecule has 9 heteroatoms. The highest BCUT2D eigenvalue weighted by Gasteiger charge is 2.27. The van der Waals surface area contributed by atoms with E-state index in [1.807, 2.05) is 7.05 Å². The van der Waals surface area contributed by atoms with E-state index < -0.39 is 10.0 Å². The first-order chi connectivity index (χ1) is 13.3. The number of hydrogen-bond donors (Lipinski definition) is 1. The van der Waals surface area contributed by atoms with Crippen LogP contribution in [-0.4, -0.2) is 56.8 Å². The number of carbonyl (C=O) groups excluding carboxylic acids is 1. The lowest BCUT2D eigenvalue weighted by Gasteiger charge is -2.31. The van der Waals surface area contributed by atoms with Crippen molar-refractivity contribution in [2.24, 2.45) is 0 Å². The maximum absolute atomic E-state index is 12.7. The molecule has 1 amide bonds. The first-order valence-electron chi connectivity index (χ1n) is 8.78. The molecule has 1 saturated heterocycles. The Balaban J connectivity index is 1.63. The number of anilines is 1. The molecule has 2 aromatic rings. The number of piperazine rings is 1. The van der Waals surface area contributed by atoms with Crippen LogP contribution >= 0.6 is 23.2 Å². The molecule has 0 unspecified atom stereocenters. The van der Waals surface area contributed by atoms with E-state index in [1.54, 1.807) is 30.3 Å². The molecule has 0 saturated carbocycles. The number of benzene rings is 2.